The fraction of sp³-hybridized carbons (Fsp3) is 0.0323. The minimum atomic E-state index is -0.191. The number of aromatic amines is 1. The summed E-state index contributed by atoms with van der Waals surface area (Å²) in [7, 11) is 0. The number of pyridine rings is 1. The number of nitrogens with zero attached hydrogens (tertiary/aromatic N) is 5. The van der Waals surface area contributed by atoms with Crippen molar-refractivity contribution < 1.29 is 0 Å². The molecule has 7 rings (SSSR count). The third-order valence-electron chi connectivity index (χ3n) is 6.74. The molecule has 0 bridgehead atoms. The molecule has 3 aromatic carbocycles. The van der Waals surface area contributed by atoms with Crippen LogP contribution in [0.25, 0.3) is 50.1 Å². The minimum absolute atomic E-state index is 0.191. The van der Waals surface area contributed by atoms with Gasteiger partial charge >= 0.3 is 0 Å². The molecule has 7 nitrogen and oxygen atoms in total. The first-order chi connectivity index (χ1) is 18.8. The zero-order valence-corrected chi connectivity index (χ0v) is 20.3. The zero-order chi connectivity index (χ0) is 25.5. The molecule has 0 spiro atoms. The summed E-state index contributed by atoms with van der Waals surface area (Å²) >= 11 is 0. The first-order valence-electron chi connectivity index (χ1n) is 12.4. The standard InChI is InChI=1S/C31H22N6O/c38-31-27(24-14-15-25-23(19-24)13-7-16-32-25)26(20-36-18-8-17-33-36)34-30-28(21-9-3-1-4-10-21)29(35-37(30)31)22-11-5-2-6-12-22/h1-19,34H,20H2. The Bertz CT molecular complexity index is 1960. The second kappa shape index (κ2) is 8.97. The summed E-state index contributed by atoms with van der Waals surface area (Å²) in [6.45, 7) is 0.402. The average molecular weight is 495 g/mol. The molecule has 38 heavy (non-hydrogen) atoms. The number of nitrogens with one attached hydrogen (secondary N) is 1. The molecular formula is C31H22N6O. The van der Waals surface area contributed by atoms with Crippen LogP contribution in [0, 0.1) is 0 Å². The Balaban J connectivity index is 1.56. The van der Waals surface area contributed by atoms with Crippen LogP contribution in [0.15, 0.2) is 120 Å². The largest absolute Gasteiger partial charge is 0.341 e. The molecule has 7 heteroatoms. The maximum Gasteiger partial charge on any atom is 0.282 e. The Morgan fingerprint density at radius 2 is 1.53 bits per heavy atom. The maximum atomic E-state index is 14.3. The SMILES string of the molecule is O=c1c(-c2ccc3ncccc3c2)c(Cn2cccn2)[nH]c2c(-c3ccccc3)c(-c3ccccc3)nn12. The van der Waals surface area contributed by atoms with Gasteiger partial charge in [0.25, 0.3) is 5.56 Å². The van der Waals surface area contributed by atoms with Gasteiger partial charge in [0.15, 0.2) is 0 Å². The molecule has 0 amide bonds. The highest BCUT2D eigenvalue weighted by molar-refractivity contribution is 5.91. The van der Waals surface area contributed by atoms with Crippen LogP contribution >= 0.6 is 0 Å². The summed E-state index contributed by atoms with van der Waals surface area (Å²) in [5.41, 5.74) is 6.98. The lowest BCUT2D eigenvalue weighted by Crippen LogP contribution is -2.21. The van der Waals surface area contributed by atoms with Gasteiger partial charge in [-0.3, -0.25) is 14.5 Å². The van der Waals surface area contributed by atoms with E-state index in [0.717, 1.165) is 44.5 Å². The molecule has 0 saturated carbocycles. The molecule has 0 aliphatic rings. The smallest absolute Gasteiger partial charge is 0.282 e. The quantitative estimate of drug-likeness (QED) is 0.327. The topological polar surface area (TPSA) is 80.9 Å². The summed E-state index contributed by atoms with van der Waals surface area (Å²) in [4.78, 5) is 22.3. The number of fused-ring (bicyclic) bond motifs is 2. The molecule has 1 N–H and O–H groups in total. The van der Waals surface area contributed by atoms with Crippen LogP contribution in [0.3, 0.4) is 0 Å². The minimum Gasteiger partial charge on any atom is -0.341 e. The highest BCUT2D eigenvalue weighted by Crippen LogP contribution is 2.35. The van der Waals surface area contributed by atoms with Gasteiger partial charge in [0.2, 0.25) is 0 Å². The van der Waals surface area contributed by atoms with Crippen LogP contribution in [-0.2, 0) is 6.54 Å². The van der Waals surface area contributed by atoms with Crippen LogP contribution in [0.4, 0.5) is 0 Å². The van der Waals surface area contributed by atoms with Crippen molar-refractivity contribution in [1.82, 2.24) is 29.4 Å². The number of aromatic nitrogens is 6. The van der Waals surface area contributed by atoms with E-state index in [9.17, 15) is 4.79 Å². The number of H-pyrrole nitrogens is 1. The molecule has 0 atom stereocenters. The van der Waals surface area contributed by atoms with E-state index < -0.39 is 0 Å². The molecule has 0 unspecified atom stereocenters. The van der Waals surface area contributed by atoms with E-state index in [2.05, 4.69) is 15.1 Å². The van der Waals surface area contributed by atoms with E-state index >= 15 is 0 Å². The van der Waals surface area contributed by atoms with Crippen molar-refractivity contribution in [3.63, 3.8) is 0 Å². The Morgan fingerprint density at radius 3 is 2.29 bits per heavy atom. The first kappa shape index (κ1) is 21.9. The lowest BCUT2D eigenvalue weighted by atomic mass is 10.0. The van der Waals surface area contributed by atoms with E-state index in [1.165, 1.54) is 4.52 Å². The predicted molar refractivity (Wildman–Crippen MR) is 149 cm³/mol. The zero-order valence-electron chi connectivity index (χ0n) is 20.3. The van der Waals surface area contributed by atoms with Crippen LogP contribution < -0.4 is 5.56 Å². The van der Waals surface area contributed by atoms with E-state index in [1.54, 1.807) is 12.4 Å². The Hall–Kier alpha value is -5.30. The number of hydrogen-bond donors (Lipinski definition) is 1. The van der Waals surface area contributed by atoms with Gasteiger partial charge in [-0.1, -0.05) is 72.8 Å². The van der Waals surface area contributed by atoms with Crippen LogP contribution in [0.5, 0.6) is 0 Å². The third-order valence-corrected chi connectivity index (χ3v) is 6.74. The molecule has 0 radical (unpaired) electrons. The van der Waals surface area contributed by atoms with Crippen LogP contribution in [0.2, 0.25) is 0 Å². The summed E-state index contributed by atoms with van der Waals surface area (Å²) in [5.74, 6) is 0. The van der Waals surface area contributed by atoms with Crippen molar-refractivity contribution in [2.24, 2.45) is 0 Å². The van der Waals surface area contributed by atoms with Gasteiger partial charge in [-0.05, 0) is 35.4 Å². The van der Waals surface area contributed by atoms with Crippen LogP contribution in [0.1, 0.15) is 5.69 Å². The summed E-state index contributed by atoms with van der Waals surface area (Å²) in [5, 5.41) is 10.2. The Morgan fingerprint density at radius 1 is 0.737 bits per heavy atom. The third kappa shape index (κ3) is 3.69. The molecule has 0 fully saturated rings. The Kier molecular flexibility index (Phi) is 5.18. The molecule has 4 heterocycles. The van der Waals surface area contributed by atoms with Crippen molar-refractivity contribution >= 4 is 16.6 Å². The van der Waals surface area contributed by atoms with Crippen molar-refractivity contribution in [3.05, 3.63) is 132 Å². The van der Waals surface area contributed by atoms with Gasteiger partial charge in [0.1, 0.15) is 11.3 Å². The summed E-state index contributed by atoms with van der Waals surface area (Å²) < 4.78 is 3.31. The molecule has 0 aliphatic carbocycles. The lowest BCUT2D eigenvalue weighted by molar-refractivity contribution is 0.671. The molecule has 0 saturated heterocycles. The summed E-state index contributed by atoms with van der Waals surface area (Å²) in [6, 6.07) is 31.7. The average Bonchev–Trinajstić information content (AvgIpc) is 3.62. The van der Waals surface area contributed by atoms with Gasteiger partial charge in [-0.2, -0.15) is 14.7 Å². The molecular weight excluding hydrogens is 472 g/mol. The fourth-order valence-corrected chi connectivity index (χ4v) is 5.00. The van der Waals surface area contributed by atoms with Crippen molar-refractivity contribution in [2.45, 2.75) is 6.54 Å². The van der Waals surface area contributed by atoms with Crippen LogP contribution in [-0.4, -0.2) is 29.4 Å². The van der Waals surface area contributed by atoms with Crippen molar-refractivity contribution in [2.75, 3.05) is 0 Å². The monoisotopic (exact) mass is 494 g/mol. The number of rotatable bonds is 5. The second-order valence-electron chi connectivity index (χ2n) is 9.11. The van der Waals surface area contributed by atoms with E-state index in [4.69, 9.17) is 5.10 Å². The fourth-order valence-electron chi connectivity index (χ4n) is 5.00. The highest BCUT2D eigenvalue weighted by atomic mass is 16.1. The number of benzene rings is 3. The van der Waals surface area contributed by atoms with E-state index in [-0.39, 0.29) is 5.56 Å². The van der Waals surface area contributed by atoms with Gasteiger partial charge in [-0.15, -0.1) is 0 Å². The number of hydrogen-bond acceptors (Lipinski definition) is 4. The normalized spacial score (nSPS) is 11.4. The molecule has 0 aliphatic heterocycles. The van der Waals surface area contributed by atoms with Gasteiger partial charge in [-0.25, -0.2) is 0 Å². The highest BCUT2D eigenvalue weighted by Gasteiger charge is 2.23. The summed E-state index contributed by atoms with van der Waals surface area (Å²) in [6.07, 6.45) is 5.39. The maximum absolute atomic E-state index is 14.3. The lowest BCUT2D eigenvalue weighted by Gasteiger charge is -2.12. The van der Waals surface area contributed by atoms with E-state index in [1.807, 2.05) is 108 Å². The molecule has 4 aromatic heterocycles. The Labute approximate surface area is 217 Å². The van der Waals surface area contributed by atoms with Crippen molar-refractivity contribution in [1.29, 1.82) is 0 Å². The second-order valence-corrected chi connectivity index (χ2v) is 9.11. The first-order valence-corrected chi connectivity index (χ1v) is 12.4. The van der Waals surface area contributed by atoms with Gasteiger partial charge in [0.05, 0.1) is 28.9 Å². The van der Waals surface area contributed by atoms with Crippen molar-refractivity contribution in [3.8, 4) is 33.5 Å². The van der Waals surface area contributed by atoms with E-state index in [0.29, 0.717) is 17.8 Å². The predicted octanol–water partition coefficient (Wildman–Crippen LogP) is 5.82. The molecule has 182 valence electrons. The van der Waals surface area contributed by atoms with Gasteiger partial charge in [0, 0.05) is 29.5 Å². The molecule has 7 aromatic rings. The van der Waals surface area contributed by atoms with Gasteiger partial charge < -0.3 is 4.98 Å².